The predicted octanol–water partition coefficient (Wildman–Crippen LogP) is 7.83. The van der Waals surface area contributed by atoms with Crippen molar-refractivity contribution in [2.75, 3.05) is 28.4 Å². The Balaban J connectivity index is 0.000000527. The molecular formula is C34H30N4O2. The fraction of sp³-hybridized carbons (Fsp3) is 0.118. The molecule has 0 unspecified atom stereocenters. The first-order chi connectivity index (χ1) is 19.5. The zero-order valence-corrected chi connectivity index (χ0v) is 23.0. The number of ether oxygens (including phenoxy) is 2. The largest absolute Gasteiger partial charge is 0.388 e. The van der Waals surface area contributed by atoms with Crippen LogP contribution in [0.1, 0.15) is 22.3 Å². The maximum atomic E-state index is 8.45. The minimum atomic E-state index is 0.428. The molecule has 0 aromatic heterocycles. The van der Waals surface area contributed by atoms with Gasteiger partial charge in [0.25, 0.3) is 0 Å². The molecular weight excluding hydrogens is 496 g/mol. The zero-order valence-electron chi connectivity index (χ0n) is 23.0. The van der Waals surface area contributed by atoms with E-state index < -0.39 is 0 Å². The molecule has 198 valence electrons. The molecule has 0 saturated heterocycles. The monoisotopic (exact) mass is 526 g/mol. The van der Waals surface area contributed by atoms with E-state index in [1.807, 2.05) is 72.8 Å². The molecule has 0 N–H and O–H groups in total. The van der Waals surface area contributed by atoms with Crippen LogP contribution >= 0.6 is 0 Å². The summed E-state index contributed by atoms with van der Waals surface area (Å²) in [7, 11) is 6.50. The highest BCUT2D eigenvalue weighted by molar-refractivity contribution is 5.69. The number of nitrogens with zero attached hydrogens (tertiary/aromatic N) is 4. The van der Waals surface area contributed by atoms with Gasteiger partial charge in [-0.3, -0.25) is 9.69 Å². The minimum absolute atomic E-state index is 0.428. The Kier molecular flexibility index (Phi) is 20.3. The molecule has 4 rings (SSSR count). The Hall–Kier alpha value is -5.68. The van der Waals surface area contributed by atoms with Gasteiger partial charge in [0.15, 0.2) is 11.4 Å². The predicted molar refractivity (Wildman–Crippen MR) is 160 cm³/mol. The Morgan fingerprint density at radius 1 is 0.500 bits per heavy atom. The lowest BCUT2D eigenvalue weighted by Gasteiger charge is -1.88. The van der Waals surface area contributed by atoms with Gasteiger partial charge in [-0.2, -0.15) is 10.5 Å². The molecule has 0 aliphatic rings. The van der Waals surface area contributed by atoms with Crippen molar-refractivity contribution in [3.63, 3.8) is 0 Å². The number of methoxy groups -OCH3 is 2. The van der Waals surface area contributed by atoms with Crippen molar-refractivity contribution in [2.24, 2.45) is 0 Å². The average Bonchev–Trinajstić information content (AvgIpc) is 3.02. The van der Waals surface area contributed by atoms with Crippen LogP contribution in [0, 0.1) is 47.6 Å². The van der Waals surface area contributed by atoms with E-state index in [4.69, 9.17) is 23.7 Å². The molecule has 0 saturated carbocycles. The maximum Gasteiger partial charge on any atom is 0.194 e. The molecule has 4 aromatic rings. The maximum absolute atomic E-state index is 8.45. The van der Waals surface area contributed by atoms with Gasteiger partial charge in [-0.05, 0) is 36.4 Å². The third kappa shape index (κ3) is 15.4. The standard InChI is InChI=1S/C14H10.2C8H4N2.2C2H6O/c1-3-7-13(8-4-1)11-12-14-9-5-2-6-10-14;1-9-7-5-3-4-6-8(7)10-2;9-5-7-3-1-2-4-8(7)6-10;2*1-3-2/h1-10H;3-6H;1-4H;2*1-2H3. The topological polar surface area (TPSA) is 74.8 Å². The summed E-state index contributed by atoms with van der Waals surface area (Å²) in [4.78, 5) is 6.36. The molecule has 0 heterocycles. The van der Waals surface area contributed by atoms with E-state index in [0.29, 0.717) is 22.5 Å². The highest BCUT2D eigenvalue weighted by atomic mass is 16.5. The lowest BCUT2D eigenvalue weighted by Crippen LogP contribution is -1.79. The number of rotatable bonds is 0. The molecule has 0 bridgehead atoms. The minimum Gasteiger partial charge on any atom is -0.388 e. The van der Waals surface area contributed by atoms with Crippen LogP contribution in [0.4, 0.5) is 11.4 Å². The van der Waals surface area contributed by atoms with Gasteiger partial charge in [-0.15, -0.1) is 0 Å². The fourth-order valence-electron chi connectivity index (χ4n) is 2.52. The zero-order chi connectivity index (χ0) is 29.8. The summed E-state index contributed by atoms with van der Waals surface area (Å²) in [6.07, 6.45) is 0. The quantitative estimate of drug-likeness (QED) is 0.173. The Morgan fingerprint density at radius 2 is 0.775 bits per heavy atom. The van der Waals surface area contributed by atoms with Crippen molar-refractivity contribution < 1.29 is 9.47 Å². The van der Waals surface area contributed by atoms with E-state index in [1.165, 1.54) is 0 Å². The van der Waals surface area contributed by atoms with Crippen LogP contribution in [0.15, 0.2) is 109 Å². The van der Waals surface area contributed by atoms with Crippen LogP contribution < -0.4 is 0 Å². The normalized spacial score (nSPS) is 7.90. The molecule has 6 heteroatoms. The molecule has 0 aliphatic heterocycles. The van der Waals surface area contributed by atoms with E-state index in [9.17, 15) is 0 Å². The molecule has 0 fully saturated rings. The number of hydrogen-bond donors (Lipinski definition) is 0. The van der Waals surface area contributed by atoms with E-state index in [2.05, 4.69) is 31.0 Å². The third-order valence-electron chi connectivity index (χ3n) is 4.19. The highest BCUT2D eigenvalue weighted by Crippen LogP contribution is 2.26. The second-order valence-corrected chi connectivity index (χ2v) is 7.28. The van der Waals surface area contributed by atoms with Crippen molar-refractivity contribution in [3.05, 3.63) is 154 Å². The van der Waals surface area contributed by atoms with E-state index >= 15 is 0 Å². The van der Waals surface area contributed by atoms with E-state index in [-0.39, 0.29) is 0 Å². The first-order valence-electron chi connectivity index (χ1n) is 11.7. The summed E-state index contributed by atoms with van der Waals surface area (Å²) < 4.78 is 8.50. The van der Waals surface area contributed by atoms with E-state index in [0.717, 1.165) is 11.1 Å². The number of benzene rings is 4. The van der Waals surface area contributed by atoms with Crippen molar-refractivity contribution in [1.82, 2.24) is 0 Å². The smallest absolute Gasteiger partial charge is 0.194 e. The van der Waals surface area contributed by atoms with Crippen molar-refractivity contribution in [3.8, 4) is 24.0 Å². The van der Waals surface area contributed by atoms with Crippen LogP contribution in [0.3, 0.4) is 0 Å². The van der Waals surface area contributed by atoms with Crippen LogP contribution in [0.25, 0.3) is 9.69 Å². The first kappa shape index (κ1) is 34.3. The third-order valence-corrected chi connectivity index (χ3v) is 4.19. The lowest BCUT2D eigenvalue weighted by molar-refractivity contribution is 0.277. The molecule has 0 aliphatic carbocycles. The van der Waals surface area contributed by atoms with Gasteiger partial charge in [0.1, 0.15) is 12.1 Å². The van der Waals surface area contributed by atoms with Crippen LogP contribution in [0.2, 0.25) is 0 Å². The number of hydrogen-bond acceptors (Lipinski definition) is 4. The summed E-state index contributed by atoms with van der Waals surface area (Å²) in [6.45, 7) is 13.3. The SMILES string of the molecule is C(#Cc1ccccc1)c1ccccc1.COC.COC.N#Cc1ccccc1C#N.[C-]#[N+]c1ccccc1[N+]#[C-]. The Morgan fingerprint density at radius 3 is 1.05 bits per heavy atom. The molecule has 0 atom stereocenters. The van der Waals surface area contributed by atoms with Gasteiger partial charge in [0.2, 0.25) is 0 Å². The van der Waals surface area contributed by atoms with Gasteiger partial charge in [0, 0.05) is 39.6 Å². The molecule has 6 nitrogen and oxygen atoms in total. The second kappa shape index (κ2) is 23.7. The lowest BCUT2D eigenvalue weighted by atomic mass is 10.1. The van der Waals surface area contributed by atoms with Gasteiger partial charge < -0.3 is 9.47 Å². The van der Waals surface area contributed by atoms with Gasteiger partial charge >= 0.3 is 0 Å². The summed E-state index contributed by atoms with van der Waals surface area (Å²) in [6, 6.07) is 37.4. The van der Waals surface area contributed by atoms with Crippen LogP contribution in [0.5, 0.6) is 0 Å². The summed E-state index contributed by atoms with van der Waals surface area (Å²) in [5, 5.41) is 16.9. The average molecular weight is 527 g/mol. The first-order valence-corrected chi connectivity index (χ1v) is 11.7. The van der Waals surface area contributed by atoms with Crippen molar-refractivity contribution in [1.29, 1.82) is 10.5 Å². The van der Waals surface area contributed by atoms with Crippen molar-refractivity contribution >= 4 is 11.4 Å². The Labute approximate surface area is 237 Å². The van der Waals surface area contributed by atoms with E-state index in [1.54, 1.807) is 77.0 Å². The molecule has 0 radical (unpaired) electrons. The molecule has 40 heavy (non-hydrogen) atoms. The second-order valence-electron chi connectivity index (χ2n) is 7.28. The van der Waals surface area contributed by atoms with Gasteiger partial charge in [-0.1, -0.05) is 84.6 Å². The summed E-state index contributed by atoms with van der Waals surface area (Å²) >= 11 is 0. The van der Waals surface area contributed by atoms with Gasteiger partial charge in [0.05, 0.1) is 24.3 Å². The van der Waals surface area contributed by atoms with Crippen molar-refractivity contribution in [2.45, 2.75) is 0 Å². The fourth-order valence-corrected chi connectivity index (χ4v) is 2.52. The summed E-state index contributed by atoms with van der Waals surface area (Å²) in [5.74, 6) is 6.22. The van der Waals surface area contributed by atoms with Crippen LogP contribution in [-0.4, -0.2) is 28.4 Å². The Bertz CT molecular complexity index is 1300. The van der Waals surface area contributed by atoms with Crippen LogP contribution in [-0.2, 0) is 9.47 Å². The molecule has 0 amide bonds. The number of nitriles is 2. The van der Waals surface area contributed by atoms with Gasteiger partial charge in [-0.25, -0.2) is 0 Å². The highest BCUT2D eigenvalue weighted by Gasteiger charge is 1.97. The molecule has 4 aromatic carbocycles. The summed E-state index contributed by atoms with van der Waals surface area (Å²) in [5.41, 5.74) is 3.83. The molecule has 0 spiro atoms. The number of para-hydroxylation sites is 2.